The van der Waals surface area contributed by atoms with Crippen LogP contribution in [0, 0.1) is 0 Å². The van der Waals surface area contributed by atoms with Gasteiger partial charge in [-0.05, 0) is 34.5 Å². The van der Waals surface area contributed by atoms with E-state index in [0.29, 0.717) is 42.2 Å². The number of benzene rings is 2. The van der Waals surface area contributed by atoms with Gasteiger partial charge in [-0.25, -0.2) is 4.68 Å². The van der Waals surface area contributed by atoms with Crippen LogP contribution in [0.15, 0.2) is 42.5 Å². The number of nitrogens with one attached hydrogen (secondary N) is 1. The average molecular weight is 374 g/mol. The molecule has 0 atom stereocenters. The Morgan fingerprint density at radius 2 is 1.88 bits per heavy atom. The van der Waals surface area contributed by atoms with Crippen molar-refractivity contribution in [2.24, 2.45) is 7.05 Å². The second-order valence-corrected chi connectivity index (χ2v) is 5.98. The number of halogens is 1. The first-order valence-electron chi connectivity index (χ1n) is 8.25. The molecule has 0 radical (unpaired) electrons. The van der Waals surface area contributed by atoms with E-state index in [1.165, 1.54) is 0 Å². The molecule has 0 bridgehead atoms. The maximum atomic E-state index is 6.43. The number of hydrogen-bond donors (Lipinski definition) is 1. The number of nitrogens with zero attached hydrogens (tertiary/aromatic N) is 4. The summed E-state index contributed by atoms with van der Waals surface area (Å²) in [5, 5.41) is 15.0. The standard InChI is InChI=1S/C18H20ClN5O2/c1-3-25-16-9-14(11-20-18-21-22-23-24(18)2)15(19)10-17(16)26-12-13-7-5-4-6-8-13/h4-10H,3,11-12H2,1-2H3,(H,20,21,23). The number of aromatic nitrogens is 4. The molecule has 1 heterocycles. The van der Waals surface area contributed by atoms with Gasteiger partial charge in [0.2, 0.25) is 5.95 Å². The van der Waals surface area contributed by atoms with E-state index in [9.17, 15) is 0 Å². The lowest BCUT2D eigenvalue weighted by molar-refractivity contribution is 0.269. The first-order chi connectivity index (χ1) is 12.7. The molecular weight excluding hydrogens is 354 g/mol. The van der Waals surface area contributed by atoms with Crippen LogP contribution in [0.1, 0.15) is 18.1 Å². The zero-order valence-electron chi connectivity index (χ0n) is 14.6. The molecule has 0 aliphatic carbocycles. The summed E-state index contributed by atoms with van der Waals surface area (Å²) >= 11 is 6.43. The number of aryl methyl sites for hydroxylation is 1. The highest BCUT2D eigenvalue weighted by atomic mass is 35.5. The Morgan fingerprint density at radius 3 is 2.58 bits per heavy atom. The molecule has 0 saturated carbocycles. The van der Waals surface area contributed by atoms with Crippen LogP contribution in [-0.4, -0.2) is 26.8 Å². The zero-order valence-corrected chi connectivity index (χ0v) is 15.4. The molecule has 8 heteroatoms. The normalized spacial score (nSPS) is 10.6. The Kier molecular flexibility index (Phi) is 5.91. The summed E-state index contributed by atoms with van der Waals surface area (Å²) in [6.07, 6.45) is 0. The Labute approximate surface area is 156 Å². The summed E-state index contributed by atoms with van der Waals surface area (Å²) in [5.74, 6) is 1.83. The van der Waals surface area contributed by atoms with E-state index in [1.54, 1.807) is 17.8 Å². The third-order valence-corrected chi connectivity index (χ3v) is 4.06. The van der Waals surface area contributed by atoms with Gasteiger partial charge in [0, 0.05) is 24.7 Å². The molecule has 2 aromatic carbocycles. The van der Waals surface area contributed by atoms with Gasteiger partial charge in [-0.1, -0.05) is 47.0 Å². The highest BCUT2D eigenvalue weighted by Gasteiger charge is 2.12. The first-order valence-corrected chi connectivity index (χ1v) is 8.63. The molecule has 0 aliphatic rings. The fraction of sp³-hybridized carbons (Fsp3) is 0.278. The van der Waals surface area contributed by atoms with E-state index < -0.39 is 0 Å². The van der Waals surface area contributed by atoms with Crippen molar-refractivity contribution in [2.75, 3.05) is 11.9 Å². The third kappa shape index (κ3) is 4.43. The highest BCUT2D eigenvalue weighted by molar-refractivity contribution is 6.31. The van der Waals surface area contributed by atoms with Crippen molar-refractivity contribution >= 4 is 17.5 Å². The number of tetrazole rings is 1. The third-order valence-electron chi connectivity index (χ3n) is 3.71. The summed E-state index contributed by atoms with van der Waals surface area (Å²) in [5.41, 5.74) is 1.94. The van der Waals surface area contributed by atoms with Crippen molar-refractivity contribution in [1.82, 2.24) is 20.2 Å². The van der Waals surface area contributed by atoms with Crippen molar-refractivity contribution in [1.29, 1.82) is 0 Å². The maximum absolute atomic E-state index is 6.43. The van der Waals surface area contributed by atoms with Crippen LogP contribution in [0.2, 0.25) is 5.02 Å². The monoisotopic (exact) mass is 373 g/mol. The van der Waals surface area contributed by atoms with E-state index in [1.807, 2.05) is 43.3 Å². The van der Waals surface area contributed by atoms with Crippen LogP contribution >= 0.6 is 11.6 Å². The van der Waals surface area contributed by atoms with Crippen molar-refractivity contribution < 1.29 is 9.47 Å². The Morgan fingerprint density at radius 1 is 1.12 bits per heavy atom. The van der Waals surface area contributed by atoms with Crippen LogP contribution < -0.4 is 14.8 Å². The molecule has 3 aromatic rings. The van der Waals surface area contributed by atoms with E-state index in [-0.39, 0.29) is 0 Å². The molecule has 26 heavy (non-hydrogen) atoms. The van der Waals surface area contributed by atoms with Crippen LogP contribution in [0.3, 0.4) is 0 Å². The number of ether oxygens (including phenoxy) is 2. The molecule has 0 aliphatic heterocycles. The van der Waals surface area contributed by atoms with Gasteiger partial charge in [0.1, 0.15) is 6.61 Å². The highest BCUT2D eigenvalue weighted by Crippen LogP contribution is 2.34. The molecule has 3 rings (SSSR count). The summed E-state index contributed by atoms with van der Waals surface area (Å²) in [6, 6.07) is 13.6. The second kappa shape index (κ2) is 8.53. The minimum atomic E-state index is 0.444. The van der Waals surface area contributed by atoms with Gasteiger partial charge >= 0.3 is 0 Å². The topological polar surface area (TPSA) is 74.1 Å². The molecular formula is C18H20ClN5O2. The number of hydrogen-bond acceptors (Lipinski definition) is 6. The minimum Gasteiger partial charge on any atom is -0.490 e. The lowest BCUT2D eigenvalue weighted by atomic mass is 10.2. The molecule has 136 valence electrons. The Hall–Kier alpha value is -2.80. The largest absolute Gasteiger partial charge is 0.490 e. The van der Waals surface area contributed by atoms with Gasteiger partial charge in [0.25, 0.3) is 0 Å². The van der Waals surface area contributed by atoms with Gasteiger partial charge in [0.15, 0.2) is 11.5 Å². The van der Waals surface area contributed by atoms with Crippen molar-refractivity contribution in [3.05, 3.63) is 58.6 Å². The average Bonchev–Trinajstić information content (AvgIpc) is 3.06. The van der Waals surface area contributed by atoms with E-state index in [0.717, 1.165) is 11.1 Å². The predicted octanol–water partition coefficient (Wildman–Crippen LogP) is 3.45. The van der Waals surface area contributed by atoms with Crippen molar-refractivity contribution in [3.8, 4) is 11.5 Å². The van der Waals surface area contributed by atoms with E-state index in [4.69, 9.17) is 21.1 Å². The van der Waals surface area contributed by atoms with Crippen LogP contribution in [-0.2, 0) is 20.2 Å². The fourth-order valence-corrected chi connectivity index (χ4v) is 2.60. The van der Waals surface area contributed by atoms with Gasteiger partial charge in [0.05, 0.1) is 6.61 Å². The molecule has 0 saturated heterocycles. The lowest BCUT2D eigenvalue weighted by Gasteiger charge is -2.15. The molecule has 0 unspecified atom stereocenters. The SMILES string of the molecule is CCOc1cc(CNc2nnnn2C)c(Cl)cc1OCc1ccccc1. The maximum Gasteiger partial charge on any atom is 0.242 e. The summed E-state index contributed by atoms with van der Waals surface area (Å²) in [7, 11) is 1.76. The minimum absolute atomic E-state index is 0.444. The number of rotatable bonds is 8. The predicted molar refractivity (Wildman–Crippen MR) is 99.5 cm³/mol. The van der Waals surface area contributed by atoms with Gasteiger partial charge in [-0.15, -0.1) is 0 Å². The quantitative estimate of drug-likeness (QED) is 0.651. The van der Waals surface area contributed by atoms with Gasteiger partial charge < -0.3 is 14.8 Å². The summed E-state index contributed by atoms with van der Waals surface area (Å²) < 4.78 is 13.2. The fourth-order valence-electron chi connectivity index (χ4n) is 2.38. The second-order valence-electron chi connectivity index (χ2n) is 5.58. The van der Waals surface area contributed by atoms with E-state index in [2.05, 4.69) is 20.8 Å². The first kappa shape index (κ1) is 18.0. The van der Waals surface area contributed by atoms with E-state index >= 15 is 0 Å². The lowest BCUT2D eigenvalue weighted by Crippen LogP contribution is -2.07. The Bertz CT molecular complexity index is 854. The summed E-state index contributed by atoms with van der Waals surface area (Å²) in [4.78, 5) is 0. The van der Waals surface area contributed by atoms with Gasteiger partial charge in [-0.3, -0.25) is 0 Å². The van der Waals surface area contributed by atoms with Crippen LogP contribution in [0.5, 0.6) is 11.5 Å². The number of anilines is 1. The molecule has 0 amide bonds. The van der Waals surface area contributed by atoms with Crippen molar-refractivity contribution in [2.45, 2.75) is 20.1 Å². The summed E-state index contributed by atoms with van der Waals surface area (Å²) in [6.45, 7) is 3.37. The zero-order chi connectivity index (χ0) is 18.4. The molecule has 0 fully saturated rings. The molecule has 7 nitrogen and oxygen atoms in total. The molecule has 1 aromatic heterocycles. The van der Waals surface area contributed by atoms with Crippen LogP contribution in [0.4, 0.5) is 5.95 Å². The molecule has 1 N–H and O–H groups in total. The molecule has 0 spiro atoms. The van der Waals surface area contributed by atoms with Crippen LogP contribution in [0.25, 0.3) is 0 Å². The van der Waals surface area contributed by atoms with Gasteiger partial charge in [-0.2, -0.15) is 0 Å². The van der Waals surface area contributed by atoms with Crippen molar-refractivity contribution in [3.63, 3.8) is 0 Å². The Balaban J connectivity index is 1.75. The smallest absolute Gasteiger partial charge is 0.242 e.